The monoisotopic (exact) mass is 440 g/mol. The van der Waals surface area contributed by atoms with Crippen LogP contribution in [0.25, 0.3) is 0 Å². The molecular weight excluding hydrogens is 407 g/mol. The number of piperidine rings is 1. The van der Waals surface area contributed by atoms with Crippen molar-refractivity contribution >= 4 is 0 Å². The molecule has 0 radical (unpaired) electrons. The molecule has 0 bridgehead atoms. The number of ether oxygens (including phenoxy) is 3. The number of morpholine rings is 1. The van der Waals surface area contributed by atoms with Crippen LogP contribution in [0, 0.1) is 11.7 Å². The third-order valence-corrected chi connectivity index (χ3v) is 7.10. The van der Waals surface area contributed by atoms with Crippen LogP contribution >= 0.6 is 0 Å². The topological polar surface area (TPSA) is 34.2 Å². The lowest BCUT2D eigenvalue weighted by Crippen LogP contribution is -2.42. The van der Waals surface area contributed by atoms with Crippen molar-refractivity contribution in [3.05, 3.63) is 59.4 Å². The zero-order chi connectivity index (χ0) is 21.8. The minimum absolute atomic E-state index is 0.165. The van der Waals surface area contributed by atoms with Crippen molar-refractivity contribution < 1.29 is 18.6 Å². The molecule has 0 unspecified atom stereocenters. The predicted octanol–water partition coefficient (Wildman–Crippen LogP) is 3.92. The summed E-state index contributed by atoms with van der Waals surface area (Å²) in [7, 11) is 0. The van der Waals surface area contributed by atoms with Gasteiger partial charge in [0.15, 0.2) is 11.5 Å². The number of nitrogens with zero attached hydrogens (tertiary/aromatic N) is 2. The summed E-state index contributed by atoms with van der Waals surface area (Å²) in [6.07, 6.45) is 3.29. The van der Waals surface area contributed by atoms with Gasteiger partial charge in [0.2, 0.25) is 6.79 Å². The van der Waals surface area contributed by atoms with E-state index in [1.165, 1.54) is 17.5 Å². The fraction of sp³-hybridized carbons (Fsp3) is 0.538. The summed E-state index contributed by atoms with van der Waals surface area (Å²) in [6.45, 7) is 8.58. The number of fused-ring (bicyclic) bond motifs is 1. The molecule has 0 spiro atoms. The normalized spacial score (nSPS) is 24.0. The van der Waals surface area contributed by atoms with Crippen LogP contribution in [0.3, 0.4) is 0 Å². The van der Waals surface area contributed by atoms with Crippen molar-refractivity contribution in [3.8, 4) is 11.5 Å². The van der Waals surface area contributed by atoms with Gasteiger partial charge in [0.1, 0.15) is 5.82 Å². The van der Waals surface area contributed by atoms with Crippen LogP contribution in [0.1, 0.15) is 29.9 Å². The first kappa shape index (κ1) is 21.7. The van der Waals surface area contributed by atoms with Crippen LogP contribution in [-0.2, 0) is 11.2 Å². The Balaban J connectivity index is 1.25. The number of rotatable bonds is 7. The zero-order valence-corrected chi connectivity index (χ0v) is 18.7. The minimum Gasteiger partial charge on any atom is -0.454 e. The molecule has 0 aliphatic carbocycles. The maximum Gasteiger partial charge on any atom is 0.231 e. The van der Waals surface area contributed by atoms with Crippen molar-refractivity contribution in [2.24, 2.45) is 5.92 Å². The lowest BCUT2D eigenvalue weighted by Gasteiger charge is -2.39. The molecule has 0 saturated carbocycles. The third-order valence-electron chi connectivity index (χ3n) is 7.10. The van der Waals surface area contributed by atoms with Gasteiger partial charge in [-0.1, -0.05) is 18.2 Å². The first-order valence-corrected chi connectivity index (χ1v) is 11.9. The molecule has 2 atom stereocenters. The van der Waals surface area contributed by atoms with E-state index in [0.29, 0.717) is 18.6 Å². The van der Waals surface area contributed by atoms with Crippen molar-refractivity contribution in [1.82, 2.24) is 9.80 Å². The Hall–Kier alpha value is -2.15. The molecule has 32 heavy (non-hydrogen) atoms. The van der Waals surface area contributed by atoms with Crippen LogP contribution in [0.4, 0.5) is 4.39 Å². The van der Waals surface area contributed by atoms with E-state index in [2.05, 4.69) is 21.9 Å². The van der Waals surface area contributed by atoms with Crippen molar-refractivity contribution in [2.75, 3.05) is 59.3 Å². The summed E-state index contributed by atoms with van der Waals surface area (Å²) in [5, 5.41) is 0. The molecule has 0 amide bonds. The van der Waals surface area contributed by atoms with Crippen LogP contribution in [-0.4, -0.2) is 69.1 Å². The van der Waals surface area contributed by atoms with E-state index in [4.69, 9.17) is 14.2 Å². The van der Waals surface area contributed by atoms with Crippen LogP contribution in [0.2, 0.25) is 0 Å². The van der Waals surface area contributed by atoms with Gasteiger partial charge in [-0.25, -0.2) is 4.39 Å². The second-order valence-corrected chi connectivity index (χ2v) is 9.21. The Morgan fingerprint density at radius 1 is 0.875 bits per heavy atom. The highest BCUT2D eigenvalue weighted by Gasteiger charge is 2.31. The fourth-order valence-electron chi connectivity index (χ4n) is 5.38. The second-order valence-electron chi connectivity index (χ2n) is 9.21. The zero-order valence-electron chi connectivity index (χ0n) is 18.7. The molecular formula is C26H33FN2O3. The van der Waals surface area contributed by atoms with E-state index in [0.717, 1.165) is 76.8 Å². The van der Waals surface area contributed by atoms with Gasteiger partial charge in [-0.05, 0) is 86.1 Å². The van der Waals surface area contributed by atoms with Gasteiger partial charge in [-0.15, -0.1) is 0 Å². The van der Waals surface area contributed by atoms with Gasteiger partial charge in [-0.2, -0.15) is 0 Å². The van der Waals surface area contributed by atoms with Gasteiger partial charge in [0.05, 0.1) is 13.2 Å². The molecule has 0 N–H and O–H groups in total. The first-order valence-electron chi connectivity index (χ1n) is 11.9. The highest BCUT2D eigenvalue weighted by atomic mass is 19.1. The summed E-state index contributed by atoms with van der Waals surface area (Å²) in [5.41, 5.74) is 2.53. The van der Waals surface area contributed by atoms with Crippen LogP contribution < -0.4 is 9.47 Å². The van der Waals surface area contributed by atoms with Crippen molar-refractivity contribution in [2.45, 2.75) is 25.2 Å². The van der Waals surface area contributed by atoms with E-state index in [9.17, 15) is 4.39 Å². The SMILES string of the molecule is Fc1ccc([C@H]2CCN(CCCN3CCOCC3)C[C@@H]2Cc2ccc3c(c2)OCO3)cc1. The molecule has 3 aliphatic heterocycles. The molecule has 3 heterocycles. The molecule has 2 saturated heterocycles. The Morgan fingerprint density at radius 2 is 1.66 bits per heavy atom. The highest BCUT2D eigenvalue weighted by molar-refractivity contribution is 5.44. The van der Waals surface area contributed by atoms with Crippen molar-refractivity contribution in [1.29, 1.82) is 0 Å². The molecule has 5 rings (SSSR count). The summed E-state index contributed by atoms with van der Waals surface area (Å²) in [4.78, 5) is 5.14. The Labute approximate surface area is 190 Å². The van der Waals surface area contributed by atoms with E-state index in [1.54, 1.807) is 12.1 Å². The molecule has 5 nitrogen and oxygen atoms in total. The summed E-state index contributed by atoms with van der Waals surface area (Å²) in [6, 6.07) is 13.5. The van der Waals surface area contributed by atoms with E-state index < -0.39 is 0 Å². The Kier molecular flexibility index (Phi) is 6.91. The molecule has 2 aromatic carbocycles. The molecule has 2 aromatic rings. The standard InChI is InChI=1S/C26H33FN2O3/c27-23-5-3-21(4-6-23)24-8-11-29(10-1-9-28-12-14-30-15-13-28)18-22(24)16-20-2-7-25-26(17-20)32-19-31-25/h2-7,17,22,24H,1,8-16,18-19H2/t22-,24+/m0/s1. The lowest BCUT2D eigenvalue weighted by molar-refractivity contribution is 0.0351. The van der Waals surface area contributed by atoms with Gasteiger partial charge in [-0.3, -0.25) is 4.90 Å². The van der Waals surface area contributed by atoms with Gasteiger partial charge >= 0.3 is 0 Å². The Morgan fingerprint density at radius 3 is 2.50 bits per heavy atom. The van der Waals surface area contributed by atoms with Crippen LogP contribution in [0.5, 0.6) is 11.5 Å². The number of likely N-dealkylation sites (tertiary alicyclic amines) is 1. The van der Waals surface area contributed by atoms with E-state index in [1.807, 2.05) is 18.2 Å². The molecule has 2 fully saturated rings. The largest absolute Gasteiger partial charge is 0.454 e. The lowest BCUT2D eigenvalue weighted by atomic mass is 9.77. The Bertz CT molecular complexity index is 885. The average molecular weight is 441 g/mol. The number of hydrogen-bond acceptors (Lipinski definition) is 5. The second kappa shape index (κ2) is 10.2. The number of benzene rings is 2. The van der Waals surface area contributed by atoms with Crippen LogP contribution in [0.15, 0.2) is 42.5 Å². The van der Waals surface area contributed by atoms with Crippen molar-refractivity contribution in [3.63, 3.8) is 0 Å². The summed E-state index contributed by atoms with van der Waals surface area (Å²) in [5.74, 6) is 2.44. The van der Waals surface area contributed by atoms with E-state index in [-0.39, 0.29) is 5.82 Å². The highest BCUT2D eigenvalue weighted by Crippen LogP contribution is 2.38. The smallest absolute Gasteiger partial charge is 0.231 e. The van der Waals surface area contributed by atoms with Gasteiger partial charge in [0.25, 0.3) is 0 Å². The van der Waals surface area contributed by atoms with E-state index >= 15 is 0 Å². The quantitative estimate of drug-likeness (QED) is 0.652. The number of hydrogen-bond donors (Lipinski definition) is 0. The summed E-state index contributed by atoms with van der Waals surface area (Å²) < 4.78 is 30.1. The molecule has 0 aromatic heterocycles. The molecule has 6 heteroatoms. The fourth-order valence-corrected chi connectivity index (χ4v) is 5.38. The van der Waals surface area contributed by atoms with Gasteiger partial charge < -0.3 is 19.1 Å². The van der Waals surface area contributed by atoms with Gasteiger partial charge in [0, 0.05) is 19.6 Å². The maximum atomic E-state index is 13.5. The first-order chi connectivity index (χ1) is 15.7. The third kappa shape index (κ3) is 5.25. The molecule has 172 valence electrons. The maximum absolute atomic E-state index is 13.5. The average Bonchev–Trinajstić information content (AvgIpc) is 3.29. The summed E-state index contributed by atoms with van der Waals surface area (Å²) >= 11 is 0. The minimum atomic E-state index is -0.165. The predicted molar refractivity (Wildman–Crippen MR) is 122 cm³/mol. The molecule has 3 aliphatic rings. The number of halogens is 1.